The summed E-state index contributed by atoms with van der Waals surface area (Å²) in [6.45, 7) is 4.07. The molecule has 0 saturated heterocycles. The van der Waals surface area contributed by atoms with Gasteiger partial charge in [0.25, 0.3) is 0 Å². The predicted molar refractivity (Wildman–Crippen MR) is 110 cm³/mol. The van der Waals surface area contributed by atoms with Crippen molar-refractivity contribution in [3.8, 4) is 0 Å². The highest BCUT2D eigenvalue weighted by Crippen LogP contribution is 2.23. The lowest BCUT2D eigenvalue weighted by molar-refractivity contribution is 0.625. The van der Waals surface area contributed by atoms with Crippen LogP contribution in [0, 0.1) is 25.5 Å². The van der Waals surface area contributed by atoms with Gasteiger partial charge in [-0.2, -0.15) is 0 Å². The number of hydrogen-bond donors (Lipinski definition) is 0. The molecule has 0 fully saturated rings. The lowest BCUT2D eigenvalue weighted by atomic mass is 10.1. The molecule has 0 radical (unpaired) electrons. The molecule has 0 bridgehead atoms. The Labute approximate surface area is 162 Å². The van der Waals surface area contributed by atoms with Crippen LogP contribution in [0.25, 0.3) is 0 Å². The number of allylic oxidation sites excluding steroid dienone is 1. The largest absolute Gasteiger partial charge is 0.248 e. The van der Waals surface area contributed by atoms with Crippen LogP contribution in [0.15, 0.2) is 88.1 Å². The predicted octanol–water partition coefficient (Wildman–Crippen LogP) is 7.01. The van der Waals surface area contributed by atoms with E-state index in [0.717, 1.165) is 16.1 Å². The average Bonchev–Trinajstić information content (AvgIpc) is 2.66. The Morgan fingerprint density at radius 2 is 1.63 bits per heavy atom. The number of benzene rings is 3. The number of aryl methyl sites for hydroxylation is 2. The molecular formula is C23H19F2NS. The molecule has 136 valence electrons. The maximum Gasteiger partial charge on any atom is 0.132 e. The number of hydrogen-bond acceptors (Lipinski definition) is 2. The van der Waals surface area contributed by atoms with Gasteiger partial charge in [0, 0.05) is 10.5 Å². The van der Waals surface area contributed by atoms with E-state index in [1.165, 1.54) is 35.5 Å². The van der Waals surface area contributed by atoms with Gasteiger partial charge in [-0.1, -0.05) is 30.0 Å². The number of thioether (sulfide) groups is 1. The number of aliphatic imine (C=N–C) groups is 1. The summed E-state index contributed by atoms with van der Waals surface area (Å²) < 4.78 is 27.3. The normalized spacial score (nSPS) is 11.9. The minimum atomic E-state index is -0.323. The van der Waals surface area contributed by atoms with E-state index in [0.29, 0.717) is 11.3 Å². The van der Waals surface area contributed by atoms with Gasteiger partial charge in [0.15, 0.2) is 0 Å². The third-order valence-electron chi connectivity index (χ3n) is 4.13. The first kappa shape index (κ1) is 19.1. The Balaban J connectivity index is 1.93. The van der Waals surface area contributed by atoms with Crippen molar-refractivity contribution in [3.63, 3.8) is 0 Å². The third-order valence-corrected chi connectivity index (χ3v) is 4.95. The molecule has 3 rings (SSSR count). The molecule has 0 aliphatic rings. The van der Waals surface area contributed by atoms with Crippen LogP contribution >= 0.6 is 11.8 Å². The summed E-state index contributed by atoms with van der Waals surface area (Å²) >= 11 is 1.42. The molecule has 0 heterocycles. The van der Waals surface area contributed by atoms with Gasteiger partial charge < -0.3 is 0 Å². The van der Waals surface area contributed by atoms with Crippen molar-refractivity contribution in [2.45, 2.75) is 18.7 Å². The van der Waals surface area contributed by atoms with Crippen molar-refractivity contribution in [1.29, 1.82) is 0 Å². The van der Waals surface area contributed by atoms with E-state index < -0.39 is 0 Å². The molecule has 0 spiro atoms. The summed E-state index contributed by atoms with van der Waals surface area (Å²) in [7, 11) is 0. The quantitative estimate of drug-likeness (QED) is 0.343. The number of rotatable bonds is 5. The monoisotopic (exact) mass is 379 g/mol. The van der Waals surface area contributed by atoms with Gasteiger partial charge in [0.1, 0.15) is 11.6 Å². The fraction of sp³-hybridized carbons (Fsp3) is 0.0870. The molecular weight excluding hydrogens is 360 g/mol. The van der Waals surface area contributed by atoms with E-state index in [2.05, 4.69) is 4.99 Å². The molecule has 0 amide bonds. The summed E-state index contributed by atoms with van der Waals surface area (Å²) in [5.74, 6) is -0.594. The van der Waals surface area contributed by atoms with E-state index in [1.807, 2.05) is 37.5 Å². The zero-order valence-electron chi connectivity index (χ0n) is 15.1. The molecule has 27 heavy (non-hydrogen) atoms. The number of nitrogens with zero attached hydrogens (tertiary/aromatic N) is 1. The highest BCUT2D eigenvalue weighted by molar-refractivity contribution is 8.02. The standard InChI is InChI=1S/C23H19F2NS/c1-16-7-10-19(15-17(16)2)26-23(21-5-3-4-6-22(21)25)13-14-27-20-11-8-18(24)9-12-20/h3-15H,1-2H3. The van der Waals surface area contributed by atoms with Crippen LogP contribution in [0.5, 0.6) is 0 Å². The van der Waals surface area contributed by atoms with Crippen molar-refractivity contribution in [2.24, 2.45) is 4.99 Å². The van der Waals surface area contributed by atoms with Crippen molar-refractivity contribution in [1.82, 2.24) is 0 Å². The highest BCUT2D eigenvalue weighted by Gasteiger charge is 2.07. The first-order valence-corrected chi connectivity index (χ1v) is 9.40. The fourth-order valence-corrected chi connectivity index (χ4v) is 3.13. The lowest BCUT2D eigenvalue weighted by Gasteiger charge is -2.06. The Morgan fingerprint density at radius 1 is 0.889 bits per heavy atom. The summed E-state index contributed by atoms with van der Waals surface area (Å²) in [5, 5.41) is 1.83. The first-order valence-electron chi connectivity index (χ1n) is 8.52. The topological polar surface area (TPSA) is 12.4 Å². The maximum atomic E-state index is 14.3. The van der Waals surface area contributed by atoms with Crippen LogP contribution in [0.1, 0.15) is 16.7 Å². The second-order valence-corrected chi connectivity index (χ2v) is 7.10. The van der Waals surface area contributed by atoms with E-state index >= 15 is 0 Å². The molecule has 0 saturated carbocycles. The van der Waals surface area contributed by atoms with Gasteiger partial charge in [0.2, 0.25) is 0 Å². The first-order chi connectivity index (χ1) is 13.0. The Kier molecular flexibility index (Phi) is 6.20. The van der Waals surface area contributed by atoms with E-state index in [4.69, 9.17) is 0 Å². The van der Waals surface area contributed by atoms with Crippen LogP contribution in [0.4, 0.5) is 14.5 Å². The van der Waals surface area contributed by atoms with E-state index in [1.54, 1.807) is 36.4 Å². The Morgan fingerprint density at radius 3 is 2.33 bits per heavy atom. The second-order valence-electron chi connectivity index (χ2n) is 6.12. The van der Waals surface area contributed by atoms with E-state index in [-0.39, 0.29) is 11.6 Å². The molecule has 0 unspecified atom stereocenters. The summed E-state index contributed by atoms with van der Waals surface area (Å²) in [5.41, 5.74) is 4.06. The molecule has 4 heteroatoms. The average molecular weight is 379 g/mol. The zero-order valence-corrected chi connectivity index (χ0v) is 15.9. The summed E-state index contributed by atoms with van der Waals surface area (Å²) in [4.78, 5) is 5.55. The van der Waals surface area contributed by atoms with Crippen molar-refractivity contribution in [2.75, 3.05) is 0 Å². The van der Waals surface area contributed by atoms with Gasteiger partial charge in [-0.05, 0) is 85.0 Å². The van der Waals surface area contributed by atoms with Crippen LogP contribution < -0.4 is 0 Å². The van der Waals surface area contributed by atoms with Gasteiger partial charge in [-0.15, -0.1) is 0 Å². The van der Waals surface area contributed by atoms with Crippen LogP contribution in [-0.2, 0) is 0 Å². The lowest BCUT2D eigenvalue weighted by Crippen LogP contribution is -2.00. The molecule has 0 aromatic heterocycles. The van der Waals surface area contributed by atoms with Gasteiger partial charge in [-0.3, -0.25) is 0 Å². The molecule has 0 aliphatic carbocycles. The molecule has 0 aliphatic heterocycles. The minimum Gasteiger partial charge on any atom is -0.248 e. The summed E-state index contributed by atoms with van der Waals surface area (Å²) in [6, 6.07) is 18.7. The fourth-order valence-electron chi connectivity index (χ4n) is 2.48. The van der Waals surface area contributed by atoms with Gasteiger partial charge in [0.05, 0.1) is 11.4 Å². The summed E-state index contributed by atoms with van der Waals surface area (Å²) in [6.07, 6.45) is 1.78. The molecule has 0 atom stereocenters. The van der Waals surface area contributed by atoms with Gasteiger partial charge in [-0.25, -0.2) is 13.8 Å². The Hall–Kier alpha value is -2.72. The number of halogens is 2. The van der Waals surface area contributed by atoms with Crippen LogP contribution in [0.3, 0.4) is 0 Å². The second kappa shape index (κ2) is 8.78. The van der Waals surface area contributed by atoms with Crippen molar-refractivity contribution < 1.29 is 8.78 Å². The maximum absolute atomic E-state index is 14.3. The molecule has 1 nitrogen and oxygen atoms in total. The van der Waals surface area contributed by atoms with Crippen LogP contribution in [0.2, 0.25) is 0 Å². The van der Waals surface area contributed by atoms with Crippen LogP contribution in [-0.4, -0.2) is 5.71 Å². The third kappa shape index (κ3) is 5.14. The molecule has 3 aromatic carbocycles. The minimum absolute atomic E-state index is 0.272. The van der Waals surface area contributed by atoms with Crippen molar-refractivity contribution in [3.05, 3.63) is 107 Å². The zero-order chi connectivity index (χ0) is 19.2. The molecule has 0 N–H and O–H groups in total. The Bertz CT molecular complexity index is 992. The highest BCUT2D eigenvalue weighted by atomic mass is 32.2. The smallest absolute Gasteiger partial charge is 0.132 e. The van der Waals surface area contributed by atoms with Gasteiger partial charge >= 0.3 is 0 Å². The van der Waals surface area contributed by atoms with E-state index in [9.17, 15) is 8.78 Å². The van der Waals surface area contributed by atoms with Crippen molar-refractivity contribution >= 4 is 23.2 Å². The molecule has 3 aromatic rings. The SMILES string of the molecule is Cc1ccc(N=C(C=CSc2ccc(F)cc2)c2ccccc2F)cc1C.